The van der Waals surface area contributed by atoms with E-state index in [1.54, 1.807) is 12.1 Å². The Hall–Kier alpha value is -3.09. The normalized spacial score (nSPS) is 10.6. The highest BCUT2D eigenvalue weighted by Crippen LogP contribution is 2.16. The third-order valence-electron chi connectivity index (χ3n) is 3.34. The fraction of sp³-hybridized carbons (Fsp3) is 0.118. The molecular weight excluding hydrogens is 316 g/mol. The van der Waals surface area contributed by atoms with Gasteiger partial charge < -0.3 is 9.84 Å². The monoisotopic (exact) mass is 329 g/mol. The van der Waals surface area contributed by atoms with E-state index < -0.39 is 5.91 Å². The summed E-state index contributed by atoms with van der Waals surface area (Å²) >= 11 is 0. The molecule has 0 atom stereocenters. The zero-order valence-electron chi connectivity index (χ0n) is 12.5. The second-order valence-electron chi connectivity index (χ2n) is 5.06. The van der Waals surface area contributed by atoms with Crippen LogP contribution in [0.5, 0.6) is 0 Å². The molecule has 0 saturated carbocycles. The first-order valence-electron chi connectivity index (χ1n) is 7.24. The second-order valence-corrected chi connectivity index (χ2v) is 5.06. The van der Waals surface area contributed by atoms with E-state index in [-0.39, 0.29) is 23.3 Å². The first-order chi connectivity index (χ1) is 11.6. The van der Waals surface area contributed by atoms with Crippen molar-refractivity contribution in [2.45, 2.75) is 6.42 Å². The van der Waals surface area contributed by atoms with Gasteiger partial charge in [-0.2, -0.15) is 4.98 Å². The topological polar surface area (TPSA) is 68.0 Å². The lowest BCUT2D eigenvalue weighted by Gasteiger charge is -2.02. The number of benzene rings is 2. The fourth-order valence-electron chi connectivity index (χ4n) is 2.08. The smallest absolute Gasteiger partial charge is 0.316 e. The van der Waals surface area contributed by atoms with Crippen LogP contribution in [0.15, 0.2) is 53.1 Å². The molecule has 2 aromatic carbocycles. The van der Waals surface area contributed by atoms with Crippen molar-refractivity contribution in [3.8, 4) is 11.4 Å². The number of halogens is 2. The maximum atomic E-state index is 12.9. The van der Waals surface area contributed by atoms with Crippen molar-refractivity contribution in [3.63, 3.8) is 0 Å². The van der Waals surface area contributed by atoms with E-state index in [0.717, 1.165) is 5.56 Å². The minimum Gasteiger partial charge on any atom is -0.347 e. The Morgan fingerprint density at radius 1 is 1.00 bits per heavy atom. The average Bonchev–Trinajstić information content (AvgIpc) is 3.07. The van der Waals surface area contributed by atoms with E-state index >= 15 is 0 Å². The van der Waals surface area contributed by atoms with Gasteiger partial charge in [-0.05, 0) is 48.4 Å². The zero-order valence-corrected chi connectivity index (χ0v) is 12.5. The van der Waals surface area contributed by atoms with Crippen molar-refractivity contribution in [2.75, 3.05) is 6.54 Å². The van der Waals surface area contributed by atoms with Gasteiger partial charge in [0.2, 0.25) is 5.82 Å². The number of hydrogen-bond acceptors (Lipinski definition) is 4. The van der Waals surface area contributed by atoms with Gasteiger partial charge in [-0.25, -0.2) is 8.78 Å². The standard InChI is InChI=1S/C17H13F2N3O2/c18-13-5-1-11(2-6-13)9-10-20-16(23)17-21-15(22-24-17)12-3-7-14(19)8-4-12/h1-8H,9-10H2,(H,20,23). The molecule has 1 heterocycles. The Morgan fingerprint density at radius 2 is 1.62 bits per heavy atom. The molecule has 7 heteroatoms. The molecule has 0 unspecified atom stereocenters. The van der Waals surface area contributed by atoms with Crippen molar-refractivity contribution in [2.24, 2.45) is 0 Å². The molecule has 0 bridgehead atoms. The van der Waals surface area contributed by atoms with Gasteiger partial charge in [0.05, 0.1) is 0 Å². The van der Waals surface area contributed by atoms with Crippen LogP contribution in [0, 0.1) is 11.6 Å². The summed E-state index contributed by atoms with van der Waals surface area (Å²) < 4.78 is 30.6. The summed E-state index contributed by atoms with van der Waals surface area (Å²) in [6.45, 7) is 0.346. The highest BCUT2D eigenvalue weighted by atomic mass is 19.1. The molecule has 0 saturated heterocycles. The molecule has 0 aliphatic rings. The summed E-state index contributed by atoms with van der Waals surface area (Å²) in [6, 6.07) is 11.6. The Morgan fingerprint density at radius 3 is 2.29 bits per heavy atom. The van der Waals surface area contributed by atoms with E-state index in [1.807, 2.05) is 0 Å². The quantitative estimate of drug-likeness (QED) is 0.781. The molecule has 5 nitrogen and oxygen atoms in total. The third kappa shape index (κ3) is 3.81. The number of aromatic nitrogens is 2. The molecule has 0 radical (unpaired) electrons. The maximum absolute atomic E-state index is 12.9. The fourth-order valence-corrected chi connectivity index (χ4v) is 2.08. The van der Waals surface area contributed by atoms with Crippen LogP contribution in [-0.2, 0) is 6.42 Å². The highest BCUT2D eigenvalue weighted by Gasteiger charge is 2.15. The van der Waals surface area contributed by atoms with Crippen LogP contribution in [0.3, 0.4) is 0 Å². The maximum Gasteiger partial charge on any atom is 0.316 e. The Balaban J connectivity index is 1.57. The molecule has 1 N–H and O–H groups in total. The van der Waals surface area contributed by atoms with E-state index in [4.69, 9.17) is 4.52 Å². The Kier molecular flexibility index (Phi) is 4.60. The SMILES string of the molecule is O=C(NCCc1ccc(F)cc1)c1nc(-c2ccc(F)cc2)no1. The average molecular weight is 329 g/mol. The molecule has 3 rings (SSSR count). The number of hydrogen-bond donors (Lipinski definition) is 1. The summed E-state index contributed by atoms with van der Waals surface area (Å²) in [6.07, 6.45) is 0.547. The highest BCUT2D eigenvalue weighted by molar-refractivity contribution is 5.89. The summed E-state index contributed by atoms with van der Waals surface area (Å²) in [7, 11) is 0. The van der Waals surface area contributed by atoms with Crippen molar-refractivity contribution in [3.05, 3.63) is 71.6 Å². The molecular formula is C17H13F2N3O2. The summed E-state index contributed by atoms with van der Waals surface area (Å²) in [4.78, 5) is 15.9. The zero-order chi connectivity index (χ0) is 16.9. The van der Waals surface area contributed by atoms with Crippen LogP contribution in [0.1, 0.15) is 16.2 Å². The molecule has 3 aromatic rings. The molecule has 0 fully saturated rings. The summed E-state index contributed by atoms with van der Waals surface area (Å²) in [5.74, 6) is -1.15. The first-order valence-corrected chi connectivity index (χ1v) is 7.24. The van der Waals surface area contributed by atoms with E-state index in [0.29, 0.717) is 18.5 Å². The number of carbonyl (C=O) groups is 1. The molecule has 1 amide bonds. The largest absolute Gasteiger partial charge is 0.347 e. The third-order valence-corrected chi connectivity index (χ3v) is 3.34. The van der Waals surface area contributed by atoms with Crippen molar-refractivity contribution < 1.29 is 18.1 Å². The van der Waals surface area contributed by atoms with Gasteiger partial charge in [0.25, 0.3) is 0 Å². The molecule has 24 heavy (non-hydrogen) atoms. The van der Waals surface area contributed by atoms with Gasteiger partial charge in [0.1, 0.15) is 11.6 Å². The second kappa shape index (κ2) is 6.99. The van der Waals surface area contributed by atoms with Crippen molar-refractivity contribution >= 4 is 5.91 Å². The molecule has 122 valence electrons. The number of rotatable bonds is 5. The minimum atomic E-state index is -0.502. The minimum absolute atomic E-state index is 0.173. The number of nitrogens with one attached hydrogen (secondary N) is 1. The van der Waals surface area contributed by atoms with Crippen LogP contribution in [-0.4, -0.2) is 22.6 Å². The van der Waals surface area contributed by atoms with Gasteiger partial charge in [-0.15, -0.1) is 0 Å². The van der Waals surface area contributed by atoms with Crippen molar-refractivity contribution in [1.82, 2.24) is 15.5 Å². The van der Waals surface area contributed by atoms with Crippen LogP contribution < -0.4 is 5.32 Å². The number of carbonyl (C=O) groups excluding carboxylic acids is 1. The van der Waals surface area contributed by atoms with Crippen LogP contribution in [0.4, 0.5) is 8.78 Å². The lowest BCUT2D eigenvalue weighted by atomic mass is 10.1. The van der Waals surface area contributed by atoms with Crippen LogP contribution in [0.2, 0.25) is 0 Å². The van der Waals surface area contributed by atoms with Gasteiger partial charge in [-0.1, -0.05) is 17.3 Å². The van der Waals surface area contributed by atoms with Gasteiger partial charge >= 0.3 is 11.8 Å². The van der Waals surface area contributed by atoms with Crippen molar-refractivity contribution in [1.29, 1.82) is 0 Å². The predicted octanol–water partition coefficient (Wildman–Crippen LogP) is 2.99. The molecule has 0 aliphatic heterocycles. The van der Waals surface area contributed by atoms with Gasteiger partial charge in [0.15, 0.2) is 0 Å². The molecule has 0 aliphatic carbocycles. The van der Waals surface area contributed by atoms with E-state index in [2.05, 4.69) is 15.5 Å². The lowest BCUT2D eigenvalue weighted by Crippen LogP contribution is -2.26. The Bertz CT molecular complexity index is 830. The predicted molar refractivity (Wildman–Crippen MR) is 82.1 cm³/mol. The summed E-state index contributed by atoms with van der Waals surface area (Å²) in [5.41, 5.74) is 1.44. The molecule has 1 aromatic heterocycles. The van der Waals surface area contributed by atoms with E-state index in [1.165, 1.54) is 36.4 Å². The summed E-state index contributed by atoms with van der Waals surface area (Å²) in [5, 5.41) is 6.35. The van der Waals surface area contributed by atoms with Crippen LogP contribution >= 0.6 is 0 Å². The Labute approximate surface area is 136 Å². The number of amides is 1. The van der Waals surface area contributed by atoms with Gasteiger partial charge in [0, 0.05) is 12.1 Å². The lowest BCUT2D eigenvalue weighted by molar-refractivity contribution is 0.0910. The van der Waals surface area contributed by atoms with Gasteiger partial charge in [-0.3, -0.25) is 4.79 Å². The number of nitrogens with zero attached hydrogens (tertiary/aromatic N) is 2. The first kappa shape index (κ1) is 15.8. The van der Waals surface area contributed by atoms with E-state index in [9.17, 15) is 13.6 Å². The van der Waals surface area contributed by atoms with Crippen LogP contribution in [0.25, 0.3) is 11.4 Å². The molecule has 0 spiro atoms.